The van der Waals surface area contributed by atoms with Gasteiger partial charge in [0.05, 0.1) is 8.07 Å². The predicted octanol–water partition coefficient (Wildman–Crippen LogP) is 3.86. The molecule has 0 aliphatic rings. The number of rotatable bonds is 8. The maximum atomic E-state index is 10.7. The summed E-state index contributed by atoms with van der Waals surface area (Å²) >= 11 is 0. The largest absolute Gasteiger partial charge is 0.304 e. The van der Waals surface area contributed by atoms with E-state index in [0.717, 1.165) is 6.04 Å². The first kappa shape index (κ1) is 12.9. The van der Waals surface area contributed by atoms with Gasteiger partial charge in [-0.3, -0.25) is 0 Å². The van der Waals surface area contributed by atoms with Crippen LogP contribution in [0.15, 0.2) is 0 Å². The summed E-state index contributed by atoms with van der Waals surface area (Å²) in [4.78, 5) is 10.7. The number of aldehydes is 1. The van der Waals surface area contributed by atoms with E-state index < -0.39 is 8.07 Å². The highest BCUT2D eigenvalue weighted by Crippen LogP contribution is 2.29. The van der Waals surface area contributed by atoms with Gasteiger partial charge >= 0.3 is 0 Å². The quantitative estimate of drug-likeness (QED) is 0.429. The molecule has 0 amide bonds. The molecule has 13 heavy (non-hydrogen) atoms. The molecule has 2 heteroatoms. The summed E-state index contributed by atoms with van der Waals surface area (Å²) in [6, 6.07) is 4.97. The molecular formula is C11H24OSi. The standard InChI is InChI=1S/C11H24OSi/c1-4-8-13(9-5-2,10-6-3)11-7-12/h7H,4-6,8-11H2,1-3H3. The zero-order chi connectivity index (χ0) is 10.2. The summed E-state index contributed by atoms with van der Waals surface area (Å²) in [7, 11) is -1.16. The molecule has 0 radical (unpaired) electrons. The second kappa shape index (κ2) is 7.31. The SMILES string of the molecule is CCC[Si](CC=O)(CCC)CCC. The molecule has 0 aromatic carbocycles. The second-order valence-corrected chi connectivity index (χ2v) is 9.03. The van der Waals surface area contributed by atoms with Crippen LogP contribution in [0, 0.1) is 0 Å². The van der Waals surface area contributed by atoms with Crippen molar-refractivity contribution in [2.75, 3.05) is 0 Å². The van der Waals surface area contributed by atoms with E-state index in [1.165, 1.54) is 43.7 Å². The lowest BCUT2D eigenvalue weighted by atomic mass is 10.5. The van der Waals surface area contributed by atoms with Crippen LogP contribution in [0.5, 0.6) is 0 Å². The van der Waals surface area contributed by atoms with Gasteiger partial charge in [0.25, 0.3) is 0 Å². The van der Waals surface area contributed by atoms with E-state index in [1.54, 1.807) is 0 Å². The number of hydrogen-bond acceptors (Lipinski definition) is 1. The minimum absolute atomic E-state index is 0.905. The average molecular weight is 200 g/mol. The minimum Gasteiger partial charge on any atom is -0.304 e. The molecule has 0 heterocycles. The van der Waals surface area contributed by atoms with Crippen LogP contribution >= 0.6 is 0 Å². The normalized spacial score (nSPS) is 11.6. The Balaban J connectivity index is 4.27. The van der Waals surface area contributed by atoms with E-state index in [-0.39, 0.29) is 0 Å². The summed E-state index contributed by atoms with van der Waals surface area (Å²) in [6.45, 7) is 6.74. The lowest BCUT2D eigenvalue weighted by Gasteiger charge is -2.29. The molecule has 0 aliphatic heterocycles. The average Bonchev–Trinajstić information content (AvgIpc) is 2.06. The molecule has 0 N–H and O–H groups in total. The van der Waals surface area contributed by atoms with Crippen LogP contribution in [0.1, 0.15) is 40.0 Å². The van der Waals surface area contributed by atoms with Crippen molar-refractivity contribution < 1.29 is 4.79 Å². The van der Waals surface area contributed by atoms with Crippen molar-refractivity contribution in [1.29, 1.82) is 0 Å². The number of hydrogen-bond donors (Lipinski definition) is 0. The maximum Gasteiger partial charge on any atom is 0.117 e. The molecule has 0 saturated carbocycles. The van der Waals surface area contributed by atoms with E-state index in [2.05, 4.69) is 20.8 Å². The summed E-state index contributed by atoms with van der Waals surface area (Å²) in [5, 5.41) is 0. The van der Waals surface area contributed by atoms with Crippen molar-refractivity contribution in [1.82, 2.24) is 0 Å². The van der Waals surface area contributed by atoms with Crippen LogP contribution < -0.4 is 0 Å². The number of carbonyl (C=O) groups is 1. The Labute approximate surface area is 83.9 Å². The van der Waals surface area contributed by atoms with Crippen LogP contribution in [0.2, 0.25) is 24.2 Å². The van der Waals surface area contributed by atoms with Crippen LogP contribution in [0.3, 0.4) is 0 Å². The Kier molecular flexibility index (Phi) is 7.24. The van der Waals surface area contributed by atoms with Gasteiger partial charge in [0.15, 0.2) is 0 Å². The number of carbonyl (C=O) groups excluding carboxylic acids is 1. The van der Waals surface area contributed by atoms with Gasteiger partial charge in [0.1, 0.15) is 6.29 Å². The van der Waals surface area contributed by atoms with Crippen molar-refractivity contribution in [2.24, 2.45) is 0 Å². The van der Waals surface area contributed by atoms with Crippen molar-refractivity contribution in [3.63, 3.8) is 0 Å². The van der Waals surface area contributed by atoms with Gasteiger partial charge < -0.3 is 4.79 Å². The summed E-state index contributed by atoms with van der Waals surface area (Å²) in [6.07, 6.45) is 4.97. The van der Waals surface area contributed by atoms with Gasteiger partial charge in [-0.05, 0) is 6.04 Å². The molecule has 0 saturated heterocycles. The molecule has 1 nitrogen and oxygen atoms in total. The van der Waals surface area contributed by atoms with Gasteiger partial charge in [0, 0.05) is 0 Å². The molecule has 0 unspecified atom stereocenters. The third kappa shape index (κ3) is 4.60. The van der Waals surface area contributed by atoms with Crippen molar-refractivity contribution in [3.05, 3.63) is 0 Å². The summed E-state index contributed by atoms with van der Waals surface area (Å²) in [5.41, 5.74) is 0. The maximum absolute atomic E-state index is 10.7. The fourth-order valence-corrected chi connectivity index (χ4v) is 7.35. The van der Waals surface area contributed by atoms with E-state index in [9.17, 15) is 4.79 Å². The topological polar surface area (TPSA) is 17.1 Å². The monoisotopic (exact) mass is 200 g/mol. The van der Waals surface area contributed by atoms with Crippen LogP contribution in [-0.2, 0) is 4.79 Å². The highest BCUT2D eigenvalue weighted by molar-refractivity contribution is 6.81. The van der Waals surface area contributed by atoms with E-state index in [1.807, 2.05) is 0 Å². The first-order valence-corrected chi connectivity index (χ1v) is 8.51. The first-order chi connectivity index (χ1) is 6.24. The molecule has 0 aromatic rings. The molecule has 0 aromatic heterocycles. The molecule has 0 bridgehead atoms. The van der Waals surface area contributed by atoms with Gasteiger partial charge in [-0.25, -0.2) is 0 Å². The van der Waals surface area contributed by atoms with Crippen LogP contribution in [-0.4, -0.2) is 14.4 Å². The van der Waals surface area contributed by atoms with Gasteiger partial charge in [-0.15, -0.1) is 0 Å². The van der Waals surface area contributed by atoms with E-state index in [4.69, 9.17) is 0 Å². The minimum atomic E-state index is -1.16. The van der Waals surface area contributed by atoms with Gasteiger partial charge in [-0.1, -0.05) is 58.2 Å². The fraction of sp³-hybridized carbons (Fsp3) is 0.909. The highest BCUT2D eigenvalue weighted by Gasteiger charge is 2.29. The Bertz CT molecular complexity index is 117. The smallest absolute Gasteiger partial charge is 0.117 e. The third-order valence-electron chi connectivity index (χ3n) is 2.86. The predicted molar refractivity (Wildman–Crippen MR) is 61.9 cm³/mol. The Morgan fingerprint density at radius 2 is 1.31 bits per heavy atom. The molecule has 0 atom stereocenters. The highest BCUT2D eigenvalue weighted by atomic mass is 28.3. The van der Waals surface area contributed by atoms with E-state index >= 15 is 0 Å². The van der Waals surface area contributed by atoms with Crippen molar-refractivity contribution >= 4 is 14.4 Å². The lowest BCUT2D eigenvalue weighted by molar-refractivity contribution is -0.106. The Morgan fingerprint density at radius 1 is 0.923 bits per heavy atom. The second-order valence-electron chi connectivity index (χ2n) is 4.12. The van der Waals surface area contributed by atoms with Crippen molar-refractivity contribution in [3.8, 4) is 0 Å². The van der Waals surface area contributed by atoms with Crippen LogP contribution in [0.25, 0.3) is 0 Å². The fourth-order valence-electron chi connectivity index (χ4n) is 2.45. The molecule has 0 spiro atoms. The van der Waals surface area contributed by atoms with Crippen LogP contribution in [0.4, 0.5) is 0 Å². The zero-order valence-electron chi connectivity index (χ0n) is 9.44. The zero-order valence-corrected chi connectivity index (χ0v) is 10.4. The summed E-state index contributed by atoms with van der Waals surface area (Å²) in [5.74, 6) is 0. The third-order valence-corrected chi connectivity index (χ3v) is 8.57. The lowest BCUT2D eigenvalue weighted by Crippen LogP contribution is -2.33. The summed E-state index contributed by atoms with van der Waals surface area (Å²) < 4.78 is 0. The van der Waals surface area contributed by atoms with Gasteiger partial charge in [-0.2, -0.15) is 0 Å². The van der Waals surface area contributed by atoms with Crippen molar-refractivity contribution in [2.45, 2.75) is 64.2 Å². The van der Waals surface area contributed by atoms with Gasteiger partial charge in [0.2, 0.25) is 0 Å². The molecule has 0 rings (SSSR count). The Morgan fingerprint density at radius 3 is 1.54 bits per heavy atom. The first-order valence-electron chi connectivity index (χ1n) is 5.68. The van der Waals surface area contributed by atoms with E-state index in [0.29, 0.717) is 0 Å². The molecule has 0 fully saturated rings. The molecule has 0 aliphatic carbocycles. The Hall–Kier alpha value is -0.113. The molecule has 78 valence electrons. The molecular weight excluding hydrogens is 176 g/mol.